The SMILES string of the molecule is Cc1cnnn1-c1ccc(NCc2c(Cl)cccc2N2CCOCC2)cc1. The molecule has 2 aromatic carbocycles. The fourth-order valence-electron chi connectivity index (χ4n) is 3.28. The normalized spacial score (nSPS) is 14.4. The van der Waals surface area contributed by atoms with Crippen LogP contribution >= 0.6 is 11.6 Å². The molecule has 1 saturated heterocycles. The molecule has 6 nitrogen and oxygen atoms in total. The number of aromatic nitrogens is 3. The summed E-state index contributed by atoms with van der Waals surface area (Å²) >= 11 is 6.51. The van der Waals surface area contributed by atoms with Crippen molar-refractivity contribution in [3.63, 3.8) is 0 Å². The zero-order valence-electron chi connectivity index (χ0n) is 15.2. The third kappa shape index (κ3) is 3.91. The number of rotatable bonds is 5. The summed E-state index contributed by atoms with van der Waals surface area (Å²) in [6.45, 7) is 5.93. The van der Waals surface area contributed by atoms with Crippen LogP contribution in [0.25, 0.3) is 5.69 Å². The van der Waals surface area contributed by atoms with Gasteiger partial charge in [-0.2, -0.15) is 0 Å². The zero-order valence-corrected chi connectivity index (χ0v) is 16.0. The van der Waals surface area contributed by atoms with Gasteiger partial charge in [-0.3, -0.25) is 0 Å². The first-order valence-corrected chi connectivity index (χ1v) is 9.42. The van der Waals surface area contributed by atoms with E-state index < -0.39 is 0 Å². The molecule has 1 N–H and O–H groups in total. The highest BCUT2D eigenvalue weighted by Gasteiger charge is 2.16. The van der Waals surface area contributed by atoms with Crippen molar-refractivity contribution in [1.82, 2.24) is 15.0 Å². The first kappa shape index (κ1) is 17.8. The summed E-state index contributed by atoms with van der Waals surface area (Å²) in [6.07, 6.45) is 1.75. The number of nitrogens with zero attached hydrogens (tertiary/aromatic N) is 4. The second kappa shape index (κ2) is 7.98. The maximum atomic E-state index is 6.51. The first-order chi connectivity index (χ1) is 13.2. The number of halogens is 1. The smallest absolute Gasteiger partial charge is 0.0726 e. The first-order valence-electron chi connectivity index (χ1n) is 9.04. The Kier molecular flexibility index (Phi) is 5.27. The predicted molar refractivity (Wildman–Crippen MR) is 108 cm³/mol. The van der Waals surface area contributed by atoms with Gasteiger partial charge in [-0.25, -0.2) is 4.68 Å². The molecule has 1 fully saturated rings. The monoisotopic (exact) mass is 383 g/mol. The standard InChI is InChI=1S/C20H22ClN5O/c1-15-13-23-24-26(15)17-7-5-16(6-8-17)22-14-18-19(21)3-2-4-20(18)25-9-11-27-12-10-25/h2-8,13,22H,9-12,14H2,1H3. The topological polar surface area (TPSA) is 55.2 Å². The average molecular weight is 384 g/mol. The number of morpholine rings is 1. The third-order valence-electron chi connectivity index (χ3n) is 4.75. The molecule has 0 unspecified atom stereocenters. The van der Waals surface area contributed by atoms with Crippen molar-refractivity contribution >= 4 is 23.0 Å². The van der Waals surface area contributed by atoms with E-state index in [4.69, 9.17) is 16.3 Å². The second-order valence-corrected chi connectivity index (χ2v) is 6.93. The van der Waals surface area contributed by atoms with E-state index in [0.717, 1.165) is 54.0 Å². The van der Waals surface area contributed by atoms with Crippen molar-refractivity contribution in [2.24, 2.45) is 0 Å². The fourth-order valence-corrected chi connectivity index (χ4v) is 3.51. The summed E-state index contributed by atoms with van der Waals surface area (Å²) < 4.78 is 7.28. The van der Waals surface area contributed by atoms with Crippen LogP contribution in [-0.4, -0.2) is 41.3 Å². The third-order valence-corrected chi connectivity index (χ3v) is 5.10. The Morgan fingerprint density at radius 2 is 1.89 bits per heavy atom. The summed E-state index contributed by atoms with van der Waals surface area (Å²) in [5.74, 6) is 0. The summed E-state index contributed by atoms with van der Waals surface area (Å²) in [5.41, 5.74) is 5.30. The highest BCUT2D eigenvalue weighted by atomic mass is 35.5. The number of aryl methyl sites for hydroxylation is 1. The molecule has 27 heavy (non-hydrogen) atoms. The molecule has 140 valence electrons. The van der Waals surface area contributed by atoms with Gasteiger partial charge in [0.2, 0.25) is 0 Å². The van der Waals surface area contributed by atoms with Crippen LogP contribution in [0.5, 0.6) is 0 Å². The maximum Gasteiger partial charge on any atom is 0.0726 e. The van der Waals surface area contributed by atoms with Gasteiger partial charge in [-0.05, 0) is 43.3 Å². The molecule has 2 heterocycles. The van der Waals surface area contributed by atoms with E-state index >= 15 is 0 Å². The largest absolute Gasteiger partial charge is 0.381 e. The summed E-state index contributed by atoms with van der Waals surface area (Å²) in [6, 6.07) is 14.2. The van der Waals surface area contributed by atoms with E-state index in [9.17, 15) is 0 Å². The van der Waals surface area contributed by atoms with Crippen LogP contribution in [0.15, 0.2) is 48.7 Å². The zero-order chi connectivity index (χ0) is 18.6. The van der Waals surface area contributed by atoms with Gasteiger partial charge in [0.1, 0.15) is 0 Å². The van der Waals surface area contributed by atoms with Gasteiger partial charge in [-0.1, -0.05) is 22.9 Å². The van der Waals surface area contributed by atoms with Crippen LogP contribution in [0.2, 0.25) is 5.02 Å². The summed E-state index contributed by atoms with van der Waals surface area (Å²) in [7, 11) is 0. The van der Waals surface area contributed by atoms with Crippen LogP contribution < -0.4 is 10.2 Å². The van der Waals surface area contributed by atoms with Crippen LogP contribution in [-0.2, 0) is 11.3 Å². The lowest BCUT2D eigenvalue weighted by Crippen LogP contribution is -2.37. The molecule has 0 spiro atoms. The number of benzene rings is 2. The Balaban J connectivity index is 1.49. The van der Waals surface area contributed by atoms with E-state index in [2.05, 4.69) is 26.6 Å². The Bertz CT molecular complexity index is 903. The van der Waals surface area contributed by atoms with E-state index in [-0.39, 0.29) is 0 Å². The molecule has 7 heteroatoms. The molecule has 0 bridgehead atoms. The minimum absolute atomic E-state index is 0.661. The van der Waals surface area contributed by atoms with Gasteiger partial charge in [0.15, 0.2) is 0 Å². The molecule has 1 aliphatic heterocycles. The van der Waals surface area contributed by atoms with Crippen molar-refractivity contribution in [3.05, 3.63) is 64.9 Å². The molecule has 1 aromatic heterocycles. The lowest BCUT2D eigenvalue weighted by atomic mass is 10.1. The van der Waals surface area contributed by atoms with Crippen molar-refractivity contribution in [1.29, 1.82) is 0 Å². The number of hydrogen-bond acceptors (Lipinski definition) is 5. The summed E-state index contributed by atoms with van der Waals surface area (Å²) in [5, 5.41) is 12.3. The molecule has 0 saturated carbocycles. The van der Waals surface area contributed by atoms with E-state index in [1.807, 2.05) is 48.0 Å². The Hall–Kier alpha value is -2.57. The van der Waals surface area contributed by atoms with Crippen LogP contribution in [0.4, 0.5) is 11.4 Å². The van der Waals surface area contributed by atoms with Crippen molar-refractivity contribution in [2.45, 2.75) is 13.5 Å². The van der Waals surface area contributed by atoms with Gasteiger partial charge >= 0.3 is 0 Å². The lowest BCUT2D eigenvalue weighted by molar-refractivity contribution is 0.122. The molecule has 1 aliphatic rings. The highest BCUT2D eigenvalue weighted by Crippen LogP contribution is 2.29. The van der Waals surface area contributed by atoms with E-state index in [1.165, 1.54) is 5.69 Å². The highest BCUT2D eigenvalue weighted by molar-refractivity contribution is 6.31. The van der Waals surface area contributed by atoms with Crippen molar-refractivity contribution in [3.8, 4) is 5.69 Å². The Labute approximate surface area is 163 Å². The number of nitrogens with one attached hydrogen (secondary N) is 1. The van der Waals surface area contributed by atoms with Gasteiger partial charge in [0.25, 0.3) is 0 Å². The number of hydrogen-bond donors (Lipinski definition) is 1. The predicted octanol–water partition coefficient (Wildman–Crippen LogP) is 3.68. The quantitative estimate of drug-likeness (QED) is 0.728. The Morgan fingerprint density at radius 1 is 1.11 bits per heavy atom. The maximum absolute atomic E-state index is 6.51. The summed E-state index contributed by atoms with van der Waals surface area (Å²) in [4.78, 5) is 2.34. The van der Waals surface area contributed by atoms with E-state index in [1.54, 1.807) is 6.20 Å². The molecular formula is C20H22ClN5O. The minimum Gasteiger partial charge on any atom is -0.381 e. The molecule has 0 atom stereocenters. The molecule has 0 amide bonds. The lowest BCUT2D eigenvalue weighted by Gasteiger charge is -2.31. The van der Waals surface area contributed by atoms with Gasteiger partial charge < -0.3 is 15.0 Å². The van der Waals surface area contributed by atoms with Crippen LogP contribution in [0, 0.1) is 6.92 Å². The minimum atomic E-state index is 0.661. The van der Waals surface area contributed by atoms with Gasteiger partial charge in [0.05, 0.1) is 30.8 Å². The number of ether oxygens (including phenoxy) is 1. The molecule has 0 radical (unpaired) electrons. The van der Waals surface area contributed by atoms with Crippen LogP contribution in [0.1, 0.15) is 11.3 Å². The van der Waals surface area contributed by atoms with Gasteiger partial charge in [0, 0.05) is 41.6 Å². The molecular weight excluding hydrogens is 362 g/mol. The van der Waals surface area contributed by atoms with Crippen molar-refractivity contribution in [2.75, 3.05) is 36.5 Å². The number of anilines is 2. The van der Waals surface area contributed by atoms with Crippen LogP contribution in [0.3, 0.4) is 0 Å². The Morgan fingerprint density at radius 3 is 2.59 bits per heavy atom. The van der Waals surface area contributed by atoms with E-state index in [0.29, 0.717) is 6.54 Å². The average Bonchev–Trinajstić information content (AvgIpc) is 3.14. The van der Waals surface area contributed by atoms with Crippen molar-refractivity contribution < 1.29 is 4.74 Å². The van der Waals surface area contributed by atoms with Gasteiger partial charge in [-0.15, -0.1) is 5.10 Å². The fraction of sp³-hybridized carbons (Fsp3) is 0.300. The molecule has 3 aromatic rings. The second-order valence-electron chi connectivity index (χ2n) is 6.52. The molecule has 0 aliphatic carbocycles. The molecule has 4 rings (SSSR count).